The van der Waals surface area contributed by atoms with E-state index in [4.69, 9.17) is 4.74 Å². The van der Waals surface area contributed by atoms with Gasteiger partial charge in [0.1, 0.15) is 0 Å². The van der Waals surface area contributed by atoms with Gasteiger partial charge in [0.05, 0.1) is 13.2 Å². The number of carbonyl (C=O) groups is 1. The van der Waals surface area contributed by atoms with Gasteiger partial charge in [-0.1, -0.05) is 25.1 Å². The zero-order chi connectivity index (χ0) is 14.8. The lowest BCUT2D eigenvalue weighted by Gasteiger charge is -2.27. The van der Waals surface area contributed by atoms with Crippen LogP contribution in [-0.4, -0.2) is 28.7 Å². The molecule has 4 heteroatoms. The maximum Gasteiger partial charge on any atom is 0.410 e. The Morgan fingerprint density at radius 1 is 1.29 bits per heavy atom. The number of para-hydroxylation sites is 1. The van der Waals surface area contributed by atoms with Gasteiger partial charge in [0.2, 0.25) is 0 Å². The standard InChI is InChI=1S/C17H22N2O2/c1-3-10-19-15-8-6-5-7-13(15)14-12-18(11-9-16(14)19)17(20)21-4-2/h5-8H,3-4,9-12H2,1-2H3. The summed E-state index contributed by atoms with van der Waals surface area (Å²) in [5.74, 6) is 0. The molecule has 2 heterocycles. The van der Waals surface area contributed by atoms with E-state index in [2.05, 4.69) is 35.8 Å². The smallest absolute Gasteiger partial charge is 0.410 e. The van der Waals surface area contributed by atoms with Crippen LogP contribution in [0.3, 0.4) is 0 Å². The van der Waals surface area contributed by atoms with E-state index in [-0.39, 0.29) is 6.09 Å². The minimum atomic E-state index is -0.199. The molecule has 2 aromatic rings. The predicted octanol–water partition coefficient (Wildman–Crippen LogP) is 3.57. The lowest BCUT2D eigenvalue weighted by Crippen LogP contribution is -2.36. The number of ether oxygens (including phenoxy) is 1. The van der Waals surface area contributed by atoms with Crippen LogP contribution in [0.15, 0.2) is 24.3 Å². The molecule has 112 valence electrons. The number of carbonyl (C=O) groups excluding carboxylic acids is 1. The highest BCUT2D eigenvalue weighted by Crippen LogP contribution is 2.31. The van der Waals surface area contributed by atoms with Gasteiger partial charge in [0.15, 0.2) is 0 Å². The van der Waals surface area contributed by atoms with Crippen LogP contribution in [0.25, 0.3) is 10.9 Å². The van der Waals surface area contributed by atoms with Gasteiger partial charge in [-0.25, -0.2) is 4.79 Å². The van der Waals surface area contributed by atoms with Gasteiger partial charge in [0.25, 0.3) is 0 Å². The van der Waals surface area contributed by atoms with Crippen molar-refractivity contribution in [2.75, 3.05) is 13.2 Å². The third kappa shape index (κ3) is 2.39. The summed E-state index contributed by atoms with van der Waals surface area (Å²) >= 11 is 0. The highest BCUT2D eigenvalue weighted by molar-refractivity contribution is 5.86. The van der Waals surface area contributed by atoms with Crippen LogP contribution in [-0.2, 0) is 24.2 Å². The molecular weight excluding hydrogens is 264 g/mol. The molecule has 0 N–H and O–H groups in total. The number of amides is 1. The maximum absolute atomic E-state index is 12.0. The molecule has 0 bridgehead atoms. The Labute approximate surface area is 125 Å². The van der Waals surface area contributed by atoms with E-state index in [1.165, 1.54) is 22.2 Å². The number of aromatic nitrogens is 1. The fraction of sp³-hybridized carbons (Fsp3) is 0.471. The third-order valence-electron chi connectivity index (χ3n) is 4.13. The predicted molar refractivity (Wildman–Crippen MR) is 83.4 cm³/mol. The molecular formula is C17H22N2O2. The molecule has 0 aliphatic carbocycles. The van der Waals surface area contributed by atoms with Crippen LogP contribution in [0.4, 0.5) is 4.79 Å². The van der Waals surface area contributed by atoms with E-state index in [0.717, 1.165) is 25.9 Å². The SMILES string of the molecule is CCCn1c2c(c3ccccc31)CN(C(=O)OCC)CC2. The number of fused-ring (bicyclic) bond motifs is 3. The lowest BCUT2D eigenvalue weighted by atomic mass is 10.0. The van der Waals surface area contributed by atoms with Crippen molar-refractivity contribution in [2.45, 2.75) is 39.8 Å². The Bertz CT molecular complexity index is 660. The van der Waals surface area contributed by atoms with E-state index < -0.39 is 0 Å². The lowest BCUT2D eigenvalue weighted by molar-refractivity contribution is 0.102. The number of rotatable bonds is 3. The van der Waals surface area contributed by atoms with Gasteiger partial charge in [0, 0.05) is 41.7 Å². The third-order valence-corrected chi connectivity index (χ3v) is 4.13. The molecule has 0 radical (unpaired) electrons. The zero-order valence-corrected chi connectivity index (χ0v) is 12.8. The summed E-state index contributed by atoms with van der Waals surface area (Å²) in [6.07, 6.45) is 1.82. The van der Waals surface area contributed by atoms with Crippen LogP contribution in [0.5, 0.6) is 0 Å². The molecule has 0 fully saturated rings. The Morgan fingerprint density at radius 2 is 2.10 bits per heavy atom. The van der Waals surface area contributed by atoms with Crippen LogP contribution in [0.1, 0.15) is 31.5 Å². The largest absolute Gasteiger partial charge is 0.450 e. The van der Waals surface area contributed by atoms with Crippen molar-refractivity contribution in [3.05, 3.63) is 35.5 Å². The minimum absolute atomic E-state index is 0.199. The minimum Gasteiger partial charge on any atom is -0.450 e. The van der Waals surface area contributed by atoms with E-state index in [9.17, 15) is 4.79 Å². The van der Waals surface area contributed by atoms with Crippen molar-refractivity contribution >= 4 is 17.0 Å². The average molecular weight is 286 g/mol. The molecule has 0 unspecified atom stereocenters. The highest BCUT2D eigenvalue weighted by Gasteiger charge is 2.26. The fourth-order valence-corrected chi connectivity index (χ4v) is 3.25. The van der Waals surface area contributed by atoms with Gasteiger partial charge in [-0.3, -0.25) is 0 Å². The summed E-state index contributed by atoms with van der Waals surface area (Å²) in [5.41, 5.74) is 3.96. The van der Waals surface area contributed by atoms with E-state index in [1.54, 1.807) is 0 Å². The normalized spacial score (nSPS) is 14.3. The molecule has 4 nitrogen and oxygen atoms in total. The molecule has 1 amide bonds. The Balaban J connectivity index is 2.02. The number of hydrogen-bond donors (Lipinski definition) is 0. The summed E-state index contributed by atoms with van der Waals surface area (Å²) in [7, 11) is 0. The second-order valence-corrected chi connectivity index (χ2v) is 5.46. The van der Waals surface area contributed by atoms with Gasteiger partial charge >= 0.3 is 6.09 Å². The molecule has 0 saturated carbocycles. The summed E-state index contributed by atoms with van der Waals surface area (Å²) in [6.45, 7) is 6.92. The van der Waals surface area contributed by atoms with Crippen LogP contribution in [0, 0.1) is 0 Å². The summed E-state index contributed by atoms with van der Waals surface area (Å²) in [5, 5.41) is 1.27. The average Bonchev–Trinajstić information content (AvgIpc) is 2.82. The molecule has 1 aromatic heterocycles. The first-order valence-corrected chi connectivity index (χ1v) is 7.77. The van der Waals surface area contributed by atoms with Gasteiger partial charge < -0.3 is 14.2 Å². The number of hydrogen-bond acceptors (Lipinski definition) is 2. The topological polar surface area (TPSA) is 34.5 Å². The Kier molecular flexibility index (Phi) is 3.86. The number of aryl methyl sites for hydroxylation is 1. The van der Waals surface area contributed by atoms with Gasteiger partial charge in [-0.2, -0.15) is 0 Å². The summed E-state index contributed by atoms with van der Waals surface area (Å²) < 4.78 is 7.57. The first-order chi connectivity index (χ1) is 10.3. The molecule has 0 spiro atoms. The monoisotopic (exact) mass is 286 g/mol. The van der Waals surface area contributed by atoms with Crippen molar-refractivity contribution in [1.82, 2.24) is 9.47 Å². The van der Waals surface area contributed by atoms with Crippen molar-refractivity contribution in [3.8, 4) is 0 Å². The Morgan fingerprint density at radius 3 is 2.86 bits per heavy atom. The molecule has 0 saturated heterocycles. The molecule has 3 rings (SSSR count). The summed E-state index contributed by atoms with van der Waals surface area (Å²) in [4.78, 5) is 13.8. The quantitative estimate of drug-likeness (QED) is 0.864. The maximum atomic E-state index is 12.0. The van der Waals surface area contributed by atoms with Crippen molar-refractivity contribution in [2.24, 2.45) is 0 Å². The first-order valence-electron chi connectivity index (χ1n) is 7.77. The molecule has 1 aromatic carbocycles. The van der Waals surface area contributed by atoms with Crippen molar-refractivity contribution in [1.29, 1.82) is 0 Å². The second kappa shape index (κ2) is 5.80. The van der Waals surface area contributed by atoms with E-state index in [0.29, 0.717) is 13.2 Å². The van der Waals surface area contributed by atoms with Crippen LogP contribution in [0.2, 0.25) is 0 Å². The number of benzene rings is 1. The number of nitrogens with zero attached hydrogens (tertiary/aromatic N) is 2. The van der Waals surface area contributed by atoms with Gasteiger partial charge in [-0.15, -0.1) is 0 Å². The second-order valence-electron chi connectivity index (χ2n) is 5.46. The summed E-state index contributed by atoms with van der Waals surface area (Å²) in [6, 6.07) is 8.50. The zero-order valence-electron chi connectivity index (χ0n) is 12.8. The van der Waals surface area contributed by atoms with E-state index in [1.807, 2.05) is 11.8 Å². The molecule has 21 heavy (non-hydrogen) atoms. The molecule has 1 aliphatic heterocycles. The highest BCUT2D eigenvalue weighted by atomic mass is 16.6. The van der Waals surface area contributed by atoms with Gasteiger partial charge in [-0.05, 0) is 19.4 Å². The van der Waals surface area contributed by atoms with E-state index >= 15 is 0 Å². The van der Waals surface area contributed by atoms with Crippen LogP contribution < -0.4 is 0 Å². The fourth-order valence-electron chi connectivity index (χ4n) is 3.25. The molecule has 1 aliphatic rings. The van der Waals surface area contributed by atoms with Crippen molar-refractivity contribution < 1.29 is 9.53 Å². The molecule has 0 atom stereocenters. The Hall–Kier alpha value is -1.97. The first kappa shape index (κ1) is 14.0. The van der Waals surface area contributed by atoms with Crippen LogP contribution >= 0.6 is 0 Å². The van der Waals surface area contributed by atoms with Crippen molar-refractivity contribution in [3.63, 3.8) is 0 Å².